The lowest BCUT2D eigenvalue weighted by Crippen LogP contribution is -2.23. The summed E-state index contributed by atoms with van der Waals surface area (Å²) in [7, 11) is 4.70. The standard InChI is InChI=1S/C18H21N3O4/c1-9-16-12(21-18(19)20-9)5-10(6-13(16)22)11-7-14(23-2)17(25-4)15(8-11)24-3/h7-8,10H,5-6H2,1-4H3,(H2,19,20,21). The van der Waals surface area contributed by atoms with E-state index in [-0.39, 0.29) is 17.6 Å². The summed E-state index contributed by atoms with van der Waals surface area (Å²) < 4.78 is 16.2. The molecular formula is C18H21N3O4. The normalized spacial score (nSPS) is 16.3. The molecule has 25 heavy (non-hydrogen) atoms. The maximum absolute atomic E-state index is 12.6. The van der Waals surface area contributed by atoms with E-state index >= 15 is 0 Å². The van der Waals surface area contributed by atoms with Gasteiger partial charge in [-0.25, -0.2) is 9.97 Å². The van der Waals surface area contributed by atoms with E-state index in [1.165, 1.54) is 0 Å². The molecule has 1 heterocycles. The number of benzene rings is 1. The van der Waals surface area contributed by atoms with E-state index < -0.39 is 0 Å². The molecule has 1 aromatic heterocycles. The average molecular weight is 343 g/mol. The minimum Gasteiger partial charge on any atom is -0.493 e. The Labute approximate surface area is 146 Å². The summed E-state index contributed by atoms with van der Waals surface area (Å²) in [6, 6.07) is 3.75. The molecule has 2 N–H and O–H groups in total. The van der Waals surface area contributed by atoms with Crippen LogP contribution in [0.2, 0.25) is 0 Å². The number of hydrogen-bond donors (Lipinski definition) is 1. The predicted octanol–water partition coefficient (Wildman–Crippen LogP) is 2.31. The number of nitrogen functional groups attached to an aromatic ring is 1. The van der Waals surface area contributed by atoms with Gasteiger partial charge in [0, 0.05) is 6.42 Å². The second-order valence-corrected chi connectivity index (χ2v) is 5.98. The summed E-state index contributed by atoms with van der Waals surface area (Å²) in [4.78, 5) is 21.0. The van der Waals surface area contributed by atoms with Crippen molar-refractivity contribution in [2.24, 2.45) is 0 Å². The Morgan fingerprint density at radius 3 is 2.24 bits per heavy atom. The highest BCUT2D eigenvalue weighted by molar-refractivity contribution is 5.99. The van der Waals surface area contributed by atoms with Crippen molar-refractivity contribution >= 4 is 11.7 Å². The van der Waals surface area contributed by atoms with Crippen LogP contribution in [-0.4, -0.2) is 37.1 Å². The summed E-state index contributed by atoms with van der Waals surface area (Å²) in [6.07, 6.45) is 0.979. The average Bonchev–Trinajstić information content (AvgIpc) is 2.59. The molecule has 7 heteroatoms. The van der Waals surface area contributed by atoms with Crippen molar-refractivity contribution < 1.29 is 19.0 Å². The van der Waals surface area contributed by atoms with Gasteiger partial charge in [0.1, 0.15) is 0 Å². The Bertz CT molecular complexity index is 810. The van der Waals surface area contributed by atoms with Crippen molar-refractivity contribution in [1.82, 2.24) is 9.97 Å². The molecule has 1 aliphatic carbocycles. The molecule has 2 aromatic rings. The highest BCUT2D eigenvalue weighted by Crippen LogP contribution is 2.42. The third-order valence-corrected chi connectivity index (χ3v) is 4.49. The van der Waals surface area contributed by atoms with Gasteiger partial charge in [0.2, 0.25) is 11.7 Å². The number of carbonyl (C=O) groups excluding carboxylic acids is 1. The van der Waals surface area contributed by atoms with Crippen LogP contribution in [0.3, 0.4) is 0 Å². The Balaban J connectivity index is 2.05. The van der Waals surface area contributed by atoms with Crippen LogP contribution in [0.5, 0.6) is 17.2 Å². The van der Waals surface area contributed by atoms with Gasteiger partial charge in [0.25, 0.3) is 0 Å². The molecule has 0 aliphatic heterocycles. The summed E-state index contributed by atoms with van der Waals surface area (Å²) in [5.41, 5.74) is 8.61. The van der Waals surface area contributed by atoms with Gasteiger partial charge in [-0.2, -0.15) is 0 Å². The molecule has 1 atom stereocenters. The summed E-state index contributed by atoms with van der Waals surface area (Å²) in [6.45, 7) is 1.79. The van der Waals surface area contributed by atoms with Crippen molar-refractivity contribution in [1.29, 1.82) is 0 Å². The lowest BCUT2D eigenvalue weighted by Gasteiger charge is -2.25. The number of nitrogens with two attached hydrogens (primary N) is 1. The minimum absolute atomic E-state index is 0.0255. The zero-order valence-electron chi connectivity index (χ0n) is 14.8. The van der Waals surface area contributed by atoms with Crippen LogP contribution in [0.4, 0.5) is 5.95 Å². The number of fused-ring (bicyclic) bond motifs is 1. The molecule has 0 radical (unpaired) electrons. The van der Waals surface area contributed by atoms with Gasteiger partial charge in [-0.3, -0.25) is 4.79 Å². The number of ketones is 1. The van der Waals surface area contributed by atoms with Crippen molar-refractivity contribution in [3.05, 3.63) is 34.6 Å². The molecule has 132 valence electrons. The van der Waals surface area contributed by atoms with E-state index in [4.69, 9.17) is 19.9 Å². The number of Topliss-reactive ketones (excluding diaryl/α,β-unsaturated/α-hetero) is 1. The summed E-state index contributed by atoms with van der Waals surface area (Å²) in [5.74, 6) is 1.83. The highest BCUT2D eigenvalue weighted by atomic mass is 16.5. The first kappa shape index (κ1) is 17.0. The Kier molecular flexibility index (Phi) is 4.48. The van der Waals surface area contributed by atoms with Gasteiger partial charge >= 0.3 is 0 Å². The molecule has 0 fully saturated rings. The largest absolute Gasteiger partial charge is 0.493 e. The van der Waals surface area contributed by atoms with Crippen LogP contribution in [0, 0.1) is 6.92 Å². The lowest BCUT2D eigenvalue weighted by atomic mass is 9.81. The van der Waals surface area contributed by atoms with Gasteiger partial charge in [0.15, 0.2) is 17.3 Å². The molecule has 0 amide bonds. The first-order valence-corrected chi connectivity index (χ1v) is 7.94. The smallest absolute Gasteiger partial charge is 0.220 e. The second-order valence-electron chi connectivity index (χ2n) is 5.98. The number of carbonyl (C=O) groups is 1. The van der Waals surface area contributed by atoms with Crippen molar-refractivity contribution in [3.63, 3.8) is 0 Å². The van der Waals surface area contributed by atoms with Gasteiger partial charge in [-0.15, -0.1) is 0 Å². The SMILES string of the molecule is COc1cc(C2CC(=O)c3c(C)nc(N)nc3C2)cc(OC)c1OC. The molecule has 3 rings (SSSR count). The van der Waals surface area contributed by atoms with Gasteiger partial charge in [-0.1, -0.05) is 0 Å². The van der Waals surface area contributed by atoms with Crippen molar-refractivity contribution in [2.45, 2.75) is 25.7 Å². The van der Waals surface area contributed by atoms with E-state index in [0.717, 1.165) is 5.56 Å². The molecule has 0 bridgehead atoms. The minimum atomic E-state index is -0.0394. The maximum Gasteiger partial charge on any atom is 0.220 e. The van der Waals surface area contributed by atoms with E-state index in [1.54, 1.807) is 28.3 Å². The van der Waals surface area contributed by atoms with Crippen LogP contribution < -0.4 is 19.9 Å². The molecule has 0 spiro atoms. The third kappa shape index (κ3) is 2.97. The Hall–Kier alpha value is -2.83. The Morgan fingerprint density at radius 2 is 1.68 bits per heavy atom. The van der Waals surface area contributed by atoms with Crippen LogP contribution in [0.1, 0.15) is 39.6 Å². The number of nitrogens with zero attached hydrogens (tertiary/aromatic N) is 2. The van der Waals surface area contributed by atoms with Gasteiger partial charge < -0.3 is 19.9 Å². The first-order chi connectivity index (χ1) is 12.0. The number of rotatable bonds is 4. The number of ether oxygens (including phenoxy) is 3. The number of aromatic nitrogens is 2. The van der Waals surface area contributed by atoms with Crippen LogP contribution in [0.15, 0.2) is 12.1 Å². The Morgan fingerprint density at radius 1 is 1.04 bits per heavy atom. The predicted molar refractivity (Wildman–Crippen MR) is 92.7 cm³/mol. The number of methoxy groups -OCH3 is 3. The quantitative estimate of drug-likeness (QED) is 0.910. The topological polar surface area (TPSA) is 96.6 Å². The second kappa shape index (κ2) is 6.58. The maximum atomic E-state index is 12.6. The number of hydrogen-bond acceptors (Lipinski definition) is 7. The molecule has 0 saturated heterocycles. The van der Waals surface area contributed by atoms with Crippen LogP contribution in [0.25, 0.3) is 0 Å². The molecule has 1 aromatic carbocycles. The van der Waals surface area contributed by atoms with E-state index in [2.05, 4.69) is 9.97 Å². The van der Waals surface area contributed by atoms with Crippen molar-refractivity contribution in [2.75, 3.05) is 27.1 Å². The zero-order valence-corrected chi connectivity index (χ0v) is 14.8. The van der Waals surface area contributed by atoms with Crippen LogP contribution in [-0.2, 0) is 6.42 Å². The summed E-state index contributed by atoms with van der Waals surface area (Å²) in [5, 5.41) is 0. The fourth-order valence-corrected chi connectivity index (χ4v) is 3.37. The van der Waals surface area contributed by atoms with Gasteiger partial charge in [-0.05, 0) is 37.0 Å². The lowest BCUT2D eigenvalue weighted by molar-refractivity contribution is 0.0962. The van der Waals surface area contributed by atoms with E-state index in [1.807, 2.05) is 12.1 Å². The van der Waals surface area contributed by atoms with Crippen molar-refractivity contribution in [3.8, 4) is 17.2 Å². The molecule has 1 unspecified atom stereocenters. The number of anilines is 1. The monoisotopic (exact) mass is 343 g/mol. The molecule has 0 saturated carbocycles. The molecule has 1 aliphatic rings. The third-order valence-electron chi connectivity index (χ3n) is 4.49. The fourth-order valence-electron chi connectivity index (χ4n) is 3.37. The molecular weight excluding hydrogens is 322 g/mol. The number of aryl methyl sites for hydroxylation is 1. The molecule has 7 nitrogen and oxygen atoms in total. The zero-order chi connectivity index (χ0) is 18.1. The summed E-state index contributed by atoms with van der Waals surface area (Å²) >= 11 is 0. The first-order valence-electron chi connectivity index (χ1n) is 7.94. The highest BCUT2D eigenvalue weighted by Gasteiger charge is 2.31. The van der Waals surface area contributed by atoms with Crippen LogP contribution >= 0.6 is 0 Å². The van der Waals surface area contributed by atoms with E-state index in [0.29, 0.717) is 47.0 Å². The van der Waals surface area contributed by atoms with E-state index in [9.17, 15) is 4.79 Å². The van der Waals surface area contributed by atoms with Gasteiger partial charge in [0.05, 0.1) is 38.3 Å². The fraction of sp³-hybridized carbons (Fsp3) is 0.389.